The van der Waals surface area contributed by atoms with Crippen LogP contribution in [-0.4, -0.2) is 41.9 Å². The summed E-state index contributed by atoms with van der Waals surface area (Å²) in [4.78, 5) is 39.2. The zero-order chi connectivity index (χ0) is 29.0. The van der Waals surface area contributed by atoms with Crippen LogP contribution in [0.5, 0.6) is 0 Å². The zero-order valence-corrected chi connectivity index (χ0v) is 23.3. The summed E-state index contributed by atoms with van der Waals surface area (Å²) < 4.78 is 43.1. The second kappa shape index (κ2) is 11.9. The van der Waals surface area contributed by atoms with Crippen LogP contribution in [0, 0.1) is 0 Å². The van der Waals surface area contributed by atoms with E-state index in [1.807, 2.05) is 54.6 Å². The average Bonchev–Trinajstić information content (AvgIpc) is 3.59. The number of fused-ring (bicyclic) bond motifs is 1. The van der Waals surface area contributed by atoms with E-state index in [9.17, 15) is 23.7 Å². The summed E-state index contributed by atoms with van der Waals surface area (Å²) in [5, 5.41) is 0. The number of rotatable bonds is 12. The summed E-state index contributed by atoms with van der Waals surface area (Å²) in [6.45, 7) is -0.354. The van der Waals surface area contributed by atoms with Crippen molar-refractivity contribution in [1.82, 2.24) is 18.9 Å². The molecule has 41 heavy (non-hydrogen) atoms. The molecular formula is C25H27N6O8P2+. The number of imidazole rings is 1. The Morgan fingerprint density at radius 2 is 1.63 bits per heavy atom. The molecular weight excluding hydrogens is 574 g/mol. The van der Waals surface area contributed by atoms with Gasteiger partial charge in [-0.1, -0.05) is 54.6 Å². The monoisotopic (exact) mass is 601 g/mol. The number of hydrogen-bond acceptors (Lipinski definition) is 8. The molecule has 2 aromatic carbocycles. The number of benzene rings is 2. The standard InChI is InChI=1S/C25H26N6O8P2/c26-25-27-23-22(24(32)28-25)29(16-19-8-10-21(11-9-19)20-6-2-1-3-7-20)17-30(23)18-37-14-15-38-41(35,36)39-40(33,34)31-12-4-5-13-31/h1-13,17H,14-16,18H2,(H4-,26,27,28,32,33,34,35,36)/p+1. The number of nitrogens with two attached hydrogens (primary N) is 1. The van der Waals surface area contributed by atoms with Gasteiger partial charge in [0.15, 0.2) is 6.73 Å². The fourth-order valence-corrected chi connectivity index (χ4v) is 6.52. The number of aromatic nitrogens is 5. The summed E-state index contributed by atoms with van der Waals surface area (Å²) in [6.07, 6.45) is 4.07. The van der Waals surface area contributed by atoms with Crippen molar-refractivity contribution in [3.63, 3.8) is 0 Å². The van der Waals surface area contributed by atoms with Gasteiger partial charge in [0.05, 0.1) is 13.2 Å². The Balaban J connectivity index is 1.24. The highest BCUT2D eigenvalue weighted by Gasteiger charge is 2.35. The molecule has 2 unspecified atom stereocenters. The van der Waals surface area contributed by atoms with Gasteiger partial charge in [0, 0.05) is 12.4 Å². The van der Waals surface area contributed by atoms with Crippen LogP contribution < -0.4 is 15.9 Å². The van der Waals surface area contributed by atoms with Crippen molar-refractivity contribution in [2.24, 2.45) is 0 Å². The molecule has 0 saturated carbocycles. The molecule has 14 nitrogen and oxygen atoms in total. The van der Waals surface area contributed by atoms with Gasteiger partial charge in [-0.3, -0.25) is 18.6 Å². The molecule has 0 amide bonds. The number of anilines is 1. The number of phosphoric acid groups is 1. The minimum Gasteiger partial charge on any atom is -0.369 e. The third-order valence-electron chi connectivity index (χ3n) is 5.95. The molecule has 5 N–H and O–H groups in total. The van der Waals surface area contributed by atoms with Gasteiger partial charge in [0.2, 0.25) is 12.3 Å². The molecule has 3 aromatic heterocycles. The van der Waals surface area contributed by atoms with E-state index in [2.05, 4.69) is 14.3 Å². The normalized spacial score (nSPS) is 14.6. The van der Waals surface area contributed by atoms with Gasteiger partial charge < -0.3 is 20.3 Å². The SMILES string of the molecule is Nc1nc2c(c(=O)[nH]1)[n+](Cc1ccc(-c3ccccc3)cc1)cn2COCCOP(=O)(O)OP(=O)(O)n1cccc1. The number of H-pyrrole nitrogens is 1. The highest BCUT2D eigenvalue weighted by molar-refractivity contribution is 7.63. The van der Waals surface area contributed by atoms with Crippen molar-refractivity contribution in [2.75, 3.05) is 18.9 Å². The first-order valence-corrected chi connectivity index (χ1v) is 15.3. The smallest absolute Gasteiger partial charge is 0.369 e. The summed E-state index contributed by atoms with van der Waals surface area (Å²) in [5.41, 5.74) is 9.00. The highest BCUT2D eigenvalue weighted by Crippen LogP contribution is 2.60. The minimum atomic E-state index is -4.88. The largest absolute Gasteiger partial charge is 0.480 e. The second-order valence-corrected chi connectivity index (χ2v) is 12.2. The number of hydrogen-bond donors (Lipinski definition) is 4. The lowest BCUT2D eigenvalue weighted by atomic mass is 10.0. The number of nitrogens with zero attached hydrogens (tertiary/aromatic N) is 4. The minimum absolute atomic E-state index is 0.0703. The highest BCUT2D eigenvalue weighted by atomic mass is 31.3. The number of phosphoric ester groups is 1. The molecule has 0 saturated heterocycles. The molecule has 0 bridgehead atoms. The van der Waals surface area contributed by atoms with E-state index in [1.165, 1.54) is 24.5 Å². The van der Waals surface area contributed by atoms with Crippen LogP contribution in [0.3, 0.4) is 0 Å². The maximum absolute atomic E-state index is 12.8. The average molecular weight is 601 g/mol. The summed E-state index contributed by atoms with van der Waals surface area (Å²) in [6, 6.07) is 20.8. The number of aromatic amines is 1. The second-order valence-electron chi connectivity index (χ2n) is 8.87. The first-order valence-electron chi connectivity index (χ1n) is 12.3. The molecule has 3 heterocycles. The summed E-state index contributed by atoms with van der Waals surface area (Å²) >= 11 is 0. The van der Waals surface area contributed by atoms with Crippen molar-refractivity contribution in [1.29, 1.82) is 0 Å². The first kappa shape index (κ1) is 28.7. The van der Waals surface area contributed by atoms with Crippen molar-refractivity contribution in [3.05, 3.63) is 101 Å². The van der Waals surface area contributed by atoms with Gasteiger partial charge in [-0.25, -0.2) is 13.7 Å². The maximum atomic E-state index is 12.8. The number of nitrogen functional groups attached to an aromatic ring is 1. The molecule has 2 atom stereocenters. The van der Waals surface area contributed by atoms with Crippen molar-refractivity contribution >= 4 is 32.7 Å². The van der Waals surface area contributed by atoms with Crippen molar-refractivity contribution in [3.8, 4) is 11.1 Å². The predicted octanol–water partition coefficient (Wildman–Crippen LogP) is 2.87. The molecule has 0 aliphatic heterocycles. The first-order chi connectivity index (χ1) is 19.6. The molecule has 0 aliphatic rings. The van der Waals surface area contributed by atoms with Gasteiger partial charge in [-0.15, -0.1) is 0 Å². The lowest BCUT2D eigenvalue weighted by molar-refractivity contribution is -0.664. The van der Waals surface area contributed by atoms with E-state index in [4.69, 9.17) is 15.0 Å². The molecule has 5 rings (SSSR count). The van der Waals surface area contributed by atoms with E-state index >= 15 is 0 Å². The molecule has 214 valence electrons. The summed E-state index contributed by atoms with van der Waals surface area (Å²) in [7, 11) is -9.50. The predicted molar refractivity (Wildman–Crippen MR) is 148 cm³/mol. The quantitative estimate of drug-likeness (QED) is 0.0941. The van der Waals surface area contributed by atoms with Crippen LogP contribution in [0.15, 0.2) is 90.2 Å². The van der Waals surface area contributed by atoms with E-state index in [0.29, 0.717) is 6.54 Å². The Labute approximate surface area is 233 Å². The topological polar surface area (TPSA) is 188 Å². The van der Waals surface area contributed by atoms with Gasteiger partial charge in [-0.2, -0.15) is 13.9 Å². The van der Waals surface area contributed by atoms with Gasteiger partial charge in [-0.05, 0) is 28.8 Å². The van der Waals surface area contributed by atoms with Crippen LogP contribution in [0.2, 0.25) is 0 Å². The van der Waals surface area contributed by atoms with Crippen LogP contribution in [0.4, 0.5) is 5.95 Å². The van der Waals surface area contributed by atoms with E-state index in [-0.39, 0.29) is 30.4 Å². The van der Waals surface area contributed by atoms with Gasteiger partial charge in [0.1, 0.15) is 6.54 Å². The lowest BCUT2D eigenvalue weighted by Gasteiger charge is -2.16. The Bertz CT molecular complexity index is 1790. The third kappa shape index (κ3) is 6.89. The molecule has 0 spiro atoms. The summed E-state index contributed by atoms with van der Waals surface area (Å²) in [5.74, 6) is -0.0703. The zero-order valence-electron chi connectivity index (χ0n) is 21.5. The molecule has 16 heteroatoms. The van der Waals surface area contributed by atoms with E-state index < -0.39 is 27.7 Å². The van der Waals surface area contributed by atoms with Crippen LogP contribution >= 0.6 is 15.6 Å². The Hall–Kier alpha value is -3.87. The van der Waals surface area contributed by atoms with Crippen LogP contribution in [0.25, 0.3) is 22.3 Å². The number of nitrogens with one attached hydrogen (secondary N) is 1. The van der Waals surface area contributed by atoms with Crippen molar-refractivity contribution in [2.45, 2.75) is 13.3 Å². The Morgan fingerprint density at radius 1 is 0.951 bits per heavy atom. The Kier molecular flexibility index (Phi) is 8.34. The fourth-order valence-electron chi connectivity index (χ4n) is 4.12. The maximum Gasteiger partial charge on any atom is 0.480 e. The van der Waals surface area contributed by atoms with Crippen LogP contribution in [0.1, 0.15) is 5.56 Å². The van der Waals surface area contributed by atoms with Crippen molar-refractivity contribution < 1.29 is 37.1 Å². The molecule has 5 aromatic rings. The molecule has 0 aliphatic carbocycles. The van der Waals surface area contributed by atoms with E-state index in [1.54, 1.807) is 15.5 Å². The molecule has 0 radical (unpaired) electrons. The third-order valence-corrected chi connectivity index (χ3v) is 8.98. The van der Waals surface area contributed by atoms with Crippen LogP contribution in [-0.2, 0) is 36.0 Å². The van der Waals surface area contributed by atoms with Gasteiger partial charge in [0.25, 0.3) is 11.2 Å². The van der Waals surface area contributed by atoms with E-state index in [0.717, 1.165) is 21.0 Å². The molecule has 0 fully saturated rings. The fraction of sp³-hybridized carbons (Fsp3) is 0.160. The lowest BCUT2D eigenvalue weighted by Crippen LogP contribution is -2.37. The van der Waals surface area contributed by atoms with Gasteiger partial charge >= 0.3 is 21.1 Å². The number of ether oxygens (including phenoxy) is 1. The Morgan fingerprint density at radius 3 is 2.34 bits per heavy atom.